The van der Waals surface area contributed by atoms with Crippen molar-refractivity contribution in [3.63, 3.8) is 0 Å². The van der Waals surface area contributed by atoms with Crippen LogP contribution in [0.4, 0.5) is 0 Å². The minimum absolute atomic E-state index is 0.169. The van der Waals surface area contributed by atoms with Crippen LogP contribution in [0, 0.1) is 0 Å². The van der Waals surface area contributed by atoms with Crippen molar-refractivity contribution >= 4 is 29.2 Å². The molecule has 1 amide bonds. The lowest BCUT2D eigenvalue weighted by atomic mass is 10.1. The van der Waals surface area contributed by atoms with Crippen molar-refractivity contribution in [3.05, 3.63) is 40.4 Å². The van der Waals surface area contributed by atoms with Crippen LogP contribution in [0.25, 0.3) is 5.70 Å². The predicted molar refractivity (Wildman–Crippen MR) is 85.6 cm³/mol. The Hall–Kier alpha value is -1.85. The molecule has 22 heavy (non-hydrogen) atoms. The molecule has 0 aromatic heterocycles. The first-order chi connectivity index (χ1) is 10.4. The highest BCUT2D eigenvalue weighted by molar-refractivity contribution is 6.33. The molecule has 1 aromatic carbocycles. The molecule has 0 aliphatic rings. The highest BCUT2D eigenvalue weighted by Gasteiger charge is 2.25. The third-order valence-corrected chi connectivity index (χ3v) is 3.20. The number of carboxylic acid groups (broad SMARTS) is 1. The van der Waals surface area contributed by atoms with Gasteiger partial charge in [0.2, 0.25) is 0 Å². The van der Waals surface area contributed by atoms with E-state index in [0.29, 0.717) is 17.3 Å². The number of ether oxygens (including phenoxy) is 1. The number of allylic oxidation sites excluding steroid dienone is 1. The minimum Gasteiger partial charge on any atom is -0.474 e. The molecule has 0 radical (unpaired) electrons. The third-order valence-electron chi connectivity index (χ3n) is 2.95. The first kappa shape index (κ1) is 18.2. The number of carbonyl (C=O) groups excluding carboxylic acids is 1. The Morgan fingerprint density at radius 2 is 1.82 bits per heavy atom. The number of aliphatic carboxylic acids is 1. The van der Waals surface area contributed by atoms with Crippen molar-refractivity contribution < 1.29 is 19.4 Å². The van der Waals surface area contributed by atoms with Gasteiger partial charge < -0.3 is 9.84 Å². The Kier molecular flexibility index (Phi) is 7.08. The summed E-state index contributed by atoms with van der Waals surface area (Å²) in [6.45, 7) is 6.42. The molecule has 1 rings (SSSR count). The summed E-state index contributed by atoms with van der Waals surface area (Å²) in [5, 5.41) is 9.63. The Labute approximate surface area is 135 Å². The van der Waals surface area contributed by atoms with Crippen molar-refractivity contribution in [2.24, 2.45) is 0 Å². The van der Waals surface area contributed by atoms with Gasteiger partial charge in [0.05, 0.1) is 12.3 Å². The van der Waals surface area contributed by atoms with Crippen molar-refractivity contribution in [2.75, 3.05) is 19.8 Å². The number of amides is 1. The van der Waals surface area contributed by atoms with Gasteiger partial charge in [0.1, 0.15) is 0 Å². The lowest BCUT2D eigenvalue weighted by molar-refractivity contribution is -0.154. The molecule has 0 aliphatic carbocycles. The average molecular weight is 326 g/mol. The molecule has 0 spiro atoms. The fourth-order valence-corrected chi connectivity index (χ4v) is 2.18. The van der Waals surface area contributed by atoms with E-state index in [1.807, 2.05) is 20.8 Å². The van der Waals surface area contributed by atoms with E-state index >= 15 is 0 Å². The highest BCUT2D eigenvalue weighted by atomic mass is 35.5. The Bertz CT molecular complexity index is 562. The summed E-state index contributed by atoms with van der Waals surface area (Å²) >= 11 is 5.88. The Balaban J connectivity index is 3.21. The lowest BCUT2D eigenvalue weighted by Gasteiger charge is -2.25. The fraction of sp³-hybridized carbons (Fsp3) is 0.375. The van der Waals surface area contributed by atoms with Crippen LogP contribution in [0.1, 0.15) is 26.3 Å². The molecule has 0 aliphatic heterocycles. The molecule has 120 valence electrons. The van der Waals surface area contributed by atoms with E-state index < -0.39 is 11.9 Å². The number of hydrogen-bond acceptors (Lipinski definition) is 3. The predicted octanol–water partition coefficient (Wildman–Crippen LogP) is 3.04. The largest absolute Gasteiger partial charge is 0.474 e. The maximum atomic E-state index is 12.0. The number of carbonyl (C=O) groups is 2. The normalized spacial score (nSPS) is 10.2. The van der Waals surface area contributed by atoms with Crippen LogP contribution in [0.2, 0.25) is 5.02 Å². The summed E-state index contributed by atoms with van der Waals surface area (Å²) in [6.07, 6.45) is 0. The van der Waals surface area contributed by atoms with Crippen LogP contribution in [-0.2, 0) is 14.3 Å². The van der Waals surface area contributed by atoms with Crippen molar-refractivity contribution in [2.45, 2.75) is 20.8 Å². The summed E-state index contributed by atoms with van der Waals surface area (Å²) in [7, 11) is 0. The molecule has 0 fully saturated rings. The standard InChI is InChI=1S/C16H20ClNO4/c1-4-22-10-9-18(15(19)16(20)21)14(11(2)3)12-5-7-13(17)8-6-12/h5-8H,4,9-10H2,1-3H3,(H,20,21). The Morgan fingerprint density at radius 3 is 2.27 bits per heavy atom. The smallest absolute Gasteiger partial charge is 0.394 e. The van der Waals surface area contributed by atoms with Crippen LogP contribution in [0.15, 0.2) is 29.8 Å². The molecule has 0 unspecified atom stereocenters. The second-order valence-corrected chi connectivity index (χ2v) is 5.25. The molecule has 0 heterocycles. The zero-order chi connectivity index (χ0) is 16.7. The molecule has 0 atom stereocenters. The van der Waals surface area contributed by atoms with E-state index in [2.05, 4.69) is 0 Å². The zero-order valence-corrected chi connectivity index (χ0v) is 13.7. The molecule has 0 saturated heterocycles. The van der Waals surface area contributed by atoms with Gasteiger partial charge in [0.15, 0.2) is 0 Å². The summed E-state index contributed by atoms with van der Waals surface area (Å²) in [5.41, 5.74) is 2.12. The minimum atomic E-state index is -1.50. The van der Waals surface area contributed by atoms with Crippen molar-refractivity contribution in [1.29, 1.82) is 0 Å². The number of hydrogen-bond donors (Lipinski definition) is 1. The van der Waals surface area contributed by atoms with Gasteiger partial charge in [0, 0.05) is 18.2 Å². The van der Waals surface area contributed by atoms with E-state index in [4.69, 9.17) is 21.4 Å². The summed E-state index contributed by atoms with van der Waals surface area (Å²) in [6, 6.07) is 6.92. The van der Waals surface area contributed by atoms with Crippen LogP contribution in [-0.4, -0.2) is 41.6 Å². The van der Waals surface area contributed by atoms with Gasteiger partial charge in [0.25, 0.3) is 0 Å². The summed E-state index contributed by atoms with van der Waals surface area (Å²) in [5.74, 6) is -2.48. The summed E-state index contributed by atoms with van der Waals surface area (Å²) < 4.78 is 5.25. The average Bonchev–Trinajstić information content (AvgIpc) is 2.47. The van der Waals surface area contributed by atoms with Gasteiger partial charge >= 0.3 is 11.9 Å². The topological polar surface area (TPSA) is 66.8 Å². The molecular weight excluding hydrogens is 306 g/mol. The van der Waals surface area contributed by atoms with E-state index in [-0.39, 0.29) is 13.2 Å². The zero-order valence-electron chi connectivity index (χ0n) is 12.9. The van der Waals surface area contributed by atoms with Crippen LogP contribution in [0.3, 0.4) is 0 Å². The highest BCUT2D eigenvalue weighted by Crippen LogP contribution is 2.25. The van der Waals surface area contributed by atoms with E-state index in [9.17, 15) is 9.59 Å². The number of carboxylic acids is 1. The first-order valence-corrected chi connectivity index (χ1v) is 7.32. The van der Waals surface area contributed by atoms with Crippen LogP contribution >= 0.6 is 11.6 Å². The molecule has 0 saturated carbocycles. The van der Waals surface area contributed by atoms with Gasteiger partial charge in [-0.25, -0.2) is 4.79 Å². The molecular formula is C16H20ClNO4. The number of halogens is 1. The quantitative estimate of drug-likeness (QED) is 0.645. The maximum Gasteiger partial charge on any atom is 0.394 e. The van der Waals surface area contributed by atoms with E-state index in [1.165, 1.54) is 4.90 Å². The number of rotatable bonds is 6. The van der Waals surface area contributed by atoms with E-state index in [1.54, 1.807) is 24.3 Å². The first-order valence-electron chi connectivity index (χ1n) is 6.94. The van der Waals surface area contributed by atoms with Crippen LogP contribution in [0.5, 0.6) is 0 Å². The van der Waals surface area contributed by atoms with Gasteiger partial charge in [-0.3, -0.25) is 9.69 Å². The molecule has 5 nitrogen and oxygen atoms in total. The summed E-state index contributed by atoms with van der Waals surface area (Å²) in [4.78, 5) is 24.4. The third kappa shape index (κ3) is 4.86. The monoisotopic (exact) mass is 325 g/mol. The molecule has 1 aromatic rings. The van der Waals surface area contributed by atoms with E-state index in [0.717, 1.165) is 11.1 Å². The number of benzene rings is 1. The maximum absolute atomic E-state index is 12.0. The lowest BCUT2D eigenvalue weighted by Crippen LogP contribution is -2.38. The van der Waals surface area contributed by atoms with Crippen LogP contribution < -0.4 is 0 Å². The molecule has 0 bridgehead atoms. The Morgan fingerprint density at radius 1 is 1.23 bits per heavy atom. The van der Waals surface area contributed by atoms with Gasteiger partial charge in [-0.2, -0.15) is 0 Å². The second kappa shape index (κ2) is 8.56. The van der Waals surface area contributed by atoms with Gasteiger partial charge in [-0.05, 0) is 38.5 Å². The van der Waals surface area contributed by atoms with Crippen molar-refractivity contribution in [3.8, 4) is 0 Å². The van der Waals surface area contributed by atoms with Gasteiger partial charge in [-0.1, -0.05) is 29.3 Å². The molecule has 6 heteroatoms. The number of nitrogens with zero attached hydrogens (tertiary/aromatic N) is 1. The fourth-order valence-electron chi connectivity index (χ4n) is 2.05. The van der Waals surface area contributed by atoms with Crippen molar-refractivity contribution in [1.82, 2.24) is 4.90 Å². The SMILES string of the molecule is CCOCCN(C(=O)C(=O)O)C(=C(C)C)c1ccc(Cl)cc1. The second-order valence-electron chi connectivity index (χ2n) is 4.81. The molecule has 1 N–H and O–H groups in total. The van der Waals surface area contributed by atoms with Gasteiger partial charge in [-0.15, -0.1) is 0 Å².